The zero-order chi connectivity index (χ0) is 22.7. The molecule has 0 aliphatic carbocycles. The van der Waals surface area contributed by atoms with Gasteiger partial charge in [0.25, 0.3) is 5.91 Å². The molecule has 1 amide bonds. The zero-order valence-corrected chi connectivity index (χ0v) is 19.1. The lowest BCUT2D eigenvalue weighted by molar-refractivity contribution is 0.0937. The molecule has 6 heteroatoms. The predicted molar refractivity (Wildman–Crippen MR) is 127 cm³/mol. The van der Waals surface area contributed by atoms with E-state index < -0.39 is 5.60 Å². The number of ether oxygens (including phenoxy) is 2. The topological polar surface area (TPSA) is 60.5 Å². The molecule has 0 saturated heterocycles. The maximum atomic E-state index is 13.3. The fraction of sp³-hybridized carbons (Fsp3) is 0.231. The number of hydrogen-bond donors (Lipinski definition) is 1. The van der Waals surface area contributed by atoms with E-state index in [0.29, 0.717) is 46.5 Å². The van der Waals surface area contributed by atoms with Gasteiger partial charge in [-0.05, 0) is 68.7 Å². The second-order valence-corrected chi connectivity index (χ2v) is 8.67. The van der Waals surface area contributed by atoms with Crippen LogP contribution in [-0.4, -0.2) is 23.0 Å². The number of amides is 1. The van der Waals surface area contributed by atoms with Gasteiger partial charge in [-0.2, -0.15) is 0 Å². The number of para-hydroxylation sites is 1. The first kappa shape index (κ1) is 21.9. The lowest BCUT2D eigenvalue weighted by atomic mass is 10.0. The summed E-state index contributed by atoms with van der Waals surface area (Å²) in [5.41, 5.74) is 2.43. The molecule has 1 aliphatic heterocycles. The van der Waals surface area contributed by atoms with E-state index in [1.54, 1.807) is 6.20 Å². The van der Waals surface area contributed by atoms with Crippen LogP contribution in [0.15, 0.2) is 60.8 Å². The molecule has 5 nitrogen and oxygen atoms in total. The predicted octanol–water partition coefficient (Wildman–Crippen LogP) is 5.99. The van der Waals surface area contributed by atoms with Gasteiger partial charge in [-0.15, -0.1) is 0 Å². The number of nitrogens with zero attached hydrogens (tertiary/aromatic N) is 1. The lowest BCUT2D eigenvalue weighted by Crippen LogP contribution is -2.32. The summed E-state index contributed by atoms with van der Waals surface area (Å²) < 4.78 is 12.1. The van der Waals surface area contributed by atoms with E-state index in [4.69, 9.17) is 21.1 Å². The summed E-state index contributed by atoms with van der Waals surface area (Å²) in [4.78, 5) is 17.7. The summed E-state index contributed by atoms with van der Waals surface area (Å²) in [6, 6.07) is 15.2. The highest BCUT2D eigenvalue weighted by Crippen LogP contribution is 2.38. The standard InChI is InChI=1S/C26H25ClN2O3/c1-17-9-10-18(20(27)15-17)12-14-28-25(30)23-22(31-19-7-5-4-6-8-19)16-29-21-11-13-26(2,3)32-24(21)23/h4-11,13,15-16H,12,14H2,1-3H3,(H,28,30). The van der Waals surface area contributed by atoms with Crippen LogP contribution in [0.3, 0.4) is 0 Å². The molecular weight excluding hydrogens is 424 g/mol. The molecule has 164 valence electrons. The van der Waals surface area contributed by atoms with Crippen molar-refractivity contribution in [3.8, 4) is 17.2 Å². The van der Waals surface area contributed by atoms with Crippen LogP contribution >= 0.6 is 11.6 Å². The van der Waals surface area contributed by atoms with Crippen LogP contribution in [0.25, 0.3) is 6.08 Å². The molecule has 1 aliphatic rings. The van der Waals surface area contributed by atoms with Crippen LogP contribution in [0.2, 0.25) is 5.02 Å². The summed E-state index contributed by atoms with van der Waals surface area (Å²) in [7, 11) is 0. The monoisotopic (exact) mass is 448 g/mol. The van der Waals surface area contributed by atoms with Crippen molar-refractivity contribution in [3.05, 3.63) is 88.2 Å². The molecule has 0 saturated carbocycles. The van der Waals surface area contributed by atoms with Crippen molar-refractivity contribution in [2.45, 2.75) is 32.8 Å². The lowest BCUT2D eigenvalue weighted by Gasteiger charge is -2.29. The molecular formula is C26H25ClN2O3. The molecule has 4 rings (SSSR count). The van der Waals surface area contributed by atoms with Crippen molar-refractivity contribution < 1.29 is 14.3 Å². The number of carbonyl (C=O) groups is 1. The first-order valence-corrected chi connectivity index (χ1v) is 10.9. The van der Waals surface area contributed by atoms with E-state index in [-0.39, 0.29) is 5.91 Å². The second kappa shape index (κ2) is 9.05. The molecule has 0 spiro atoms. The van der Waals surface area contributed by atoms with Gasteiger partial charge < -0.3 is 14.8 Å². The van der Waals surface area contributed by atoms with Crippen molar-refractivity contribution in [1.29, 1.82) is 0 Å². The zero-order valence-electron chi connectivity index (χ0n) is 18.3. The van der Waals surface area contributed by atoms with Gasteiger partial charge in [-0.1, -0.05) is 41.9 Å². The van der Waals surface area contributed by atoms with Gasteiger partial charge in [0.15, 0.2) is 11.5 Å². The van der Waals surface area contributed by atoms with E-state index in [0.717, 1.165) is 11.1 Å². The number of pyridine rings is 1. The Morgan fingerprint density at radius 2 is 1.97 bits per heavy atom. The Morgan fingerprint density at radius 1 is 1.19 bits per heavy atom. The van der Waals surface area contributed by atoms with Gasteiger partial charge >= 0.3 is 0 Å². The molecule has 0 radical (unpaired) electrons. The van der Waals surface area contributed by atoms with Gasteiger partial charge in [0.2, 0.25) is 0 Å². The Labute approximate surface area is 193 Å². The van der Waals surface area contributed by atoms with E-state index in [1.807, 2.05) is 81.5 Å². The maximum Gasteiger partial charge on any atom is 0.259 e. The molecule has 32 heavy (non-hydrogen) atoms. The molecule has 3 aromatic rings. The number of aromatic nitrogens is 1. The minimum atomic E-state index is -0.565. The molecule has 0 fully saturated rings. The largest absolute Gasteiger partial charge is 0.481 e. The molecule has 1 aromatic heterocycles. The Bertz CT molecular complexity index is 1170. The Hall–Kier alpha value is -3.31. The van der Waals surface area contributed by atoms with Crippen LogP contribution < -0.4 is 14.8 Å². The van der Waals surface area contributed by atoms with Gasteiger partial charge in [0.1, 0.15) is 22.6 Å². The molecule has 0 unspecified atom stereocenters. The third-order valence-electron chi connectivity index (χ3n) is 5.12. The fourth-order valence-electron chi connectivity index (χ4n) is 3.45. The van der Waals surface area contributed by atoms with Crippen LogP contribution in [0.4, 0.5) is 0 Å². The van der Waals surface area contributed by atoms with Crippen LogP contribution in [0, 0.1) is 6.92 Å². The van der Waals surface area contributed by atoms with Gasteiger partial charge in [0, 0.05) is 11.6 Å². The summed E-state index contributed by atoms with van der Waals surface area (Å²) in [5, 5.41) is 3.68. The highest BCUT2D eigenvalue weighted by atomic mass is 35.5. The van der Waals surface area contributed by atoms with Crippen molar-refractivity contribution in [3.63, 3.8) is 0 Å². The molecule has 2 aromatic carbocycles. The van der Waals surface area contributed by atoms with E-state index >= 15 is 0 Å². The van der Waals surface area contributed by atoms with E-state index in [2.05, 4.69) is 10.3 Å². The average Bonchev–Trinajstić information content (AvgIpc) is 2.75. The molecule has 1 N–H and O–H groups in total. The van der Waals surface area contributed by atoms with Crippen LogP contribution in [0.5, 0.6) is 17.2 Å². The number of nitrogens with one attached hydrogen (secondary N) is 1. The van der Waals surface area contributed by atoms with Gasteiger partial charge in [-0.3, -0.25) is 4.79 Å². The van der Waals surface area contributed by atoms with Crippen molar-refractivity contribution in [2.24, 2.45) is 0 Å². The number of aryl methyl sites for hydroxylation is 1. The number of benzene rings is 2. The summed E-state index contributed by atoms with van der Waals surface area (Å²) in [5.74, 6) is 1.08. The quantitative estimate of drug-likeness (QED) is 0.503. The minimum Gasteiger partial charge on any atom is -0.481 e. The van der Waals surface area contributed by atoms with Crippen LogP contribution in [0.1, 0.15) is 41.0 Å². The summed E-state index contributed by atoms with van der Waals surface area (Å²) in [6.45, 7) is 6.27. The number of carbonyl (C=O) groups excluding carboxylic acids is 1. The third kappa shape index (κ3) is 4.94. The van der Waals surface area contributed by atoms with Gasteiger partial charge in [0.05, 0.1) is 6.20 Å². The average molecular weight is 449 g/mol. The summed E-state index contributed by atoms with van der Waals surface area (Å²) in [6.07, 6.45) is 5.96. The third-order valence-corrected chi connectivity index (χ3v) is 5.47. The summed E-state index contributed by atoms with van der Waals surface area (Å²) >= 11 is 6.34. The van der Waals surface area contributed by atoms with E-state index in [1.165, 1.54) is 0 Å². The van der Waals surface area contributed by atoms with Gasteiger partial charge in [-0.25, -0.2) is 4.98 Å². The highest BCUT2D eigenvalue weighted by Gasteiger charge is 2.30. The fourth-order valence-corrected chi connectivity index (χ4v) is 3.78. The van der Waals surface area contributed by atoms with Crippen LogP contribution in [-0.2, 0) is 6.42 Å². The number of hydrogen-bond acceptors (Lipinski definition) is 4. The minimum absolute atomic E-state index is 0.288. The Kier molecular flexibility index (Phi) is 6.19. The van der Waals surface area contributed by atoms with Crippen molar-refractivity contribution in [2.75, 3.05) is 6.54 Å². The number of fused-ring (bicyclic) bond motifs is 1. The Morgan fingerprint density at radius 3 is 2.72 bits per heavy atom. The normalized spacial score (nSPS) is 13.8. The molecule has 2 heterocycles. The second-order valence-electron chi connectivity index (χ2n) is 8.27. The Balaban J connectivity index is 1.61. The van der Waals surface area contributed by atoms with Crippen molar-refractivity contribution in [1.82, 2.24) is 10.3 Å². The number of rotatable bonds is 6. The highest BCUT2D eigenvalue weighted by molar-refractivity contribution is 6.31. The SMILES string of the molecule is Cc1ccc(CCNC(=O)c2c(Oc3ccccc3)cnc3c2OC(C)(C)C=C3)c(Cl)c1. The molecule has 0 bridgehead atoms. The van der Waals surface area contributed by atoms with E-state index in [9.17, 15) is 4.79 Å². The first-order valence-electron chi connectivity index (χ1n) is 10.5. The maximum absolute atomic E-state index is 13.3. The molecule has 0 atom stereocenters. The van der Waals surface area contributed by atoms with Crippen molar-refractivity contribution >= 4 is 23.6 Å². The first-order chi connectivity index (χ1) is 15.3. The number of halogens is 1. The smallest absolute Gasteiger partial charge is 0.259 e.